The van der Waals surface area contributed by atoms with Crippen LogP contribution in [-0.2, 0) is 0 Å². The molecule has 0 fully saturated rings. The van der Waals surface area contributed by atoms with Gasteiger partial charge < -0.3 is 15.1 Å². The van der Waals surface area contributed by atoms with E-state index in [1.54, 1.807) is 0 Å². The monoisotopic (exact) mass is 197 g/mol. The molecular formula is C9H16BNO3. The highest BCUT2D eigenvalue weighted by molar-refractivity contribution is 6.28. The van der Waals surface area contributed by atoms with Crippen molar-refractivity contribution < 1.29 is 15.1 Å². The summed E-state index contributed by atoms with van der Waals surface area (Å²) in [6.07, 6.45) is 0. The van der Waals surface area contributed by atoms with Crippen LogP contribution in [0.3, 0.4) is 0 Å². The average Bonchev–Trinajstić information content (AvgIpc) is 2.03. The minimum absolute atomic E-state index is 0.890. The number of rotatable bonds is 1. The molecule has 0 atom stereocenters. The first-order valence-electron chi connectivity index (χ1n) is 4.23. The predicted molar refractivity (Wildman–Crippen MR) is 56.2 cm³/mol. The van der Waals surface area contributed by atoms with Gasteiger partial charge in [-0.25, -0.2) is 0 Å². The van der Waals surface area contributed by atoms with E-state index in [-0.39, 0.29) is 0 Å². The third-order valence-electron chi connectivity index (χ3n) is 1.53. The van der Waals surface area contributed by atoms with Gasteiger partial charge in [-0.2, -0.15) is 0 Å². The molecule has 0 spiro atoms. The van der Waals surface area contributed by atoms with Crippen molar-refractivity contribution in [2.75, 3.05) is 21.1 Å². The van der Waals surface area contributed by atoms with Gasteiger partial charge in [0.1, 0.15) is 5.69 Å². The van der Waals surface area contributed by atoms with Crippen LogP contribution in [0.15, 0.2) is 30.3 Å². The summed E-state index contributed by atoms with van der Waals surface area (Å²) in [7, 11) is 4.07. The number of nitrogens with zero attached hydrogens (tertiary/aromatic N) is 1. The van der Waals surface area contributed by atoms with Gasteiger partial charge in [0.2, 0.25) is 0 Å². The van der Waals surface area contributed by atoms with Crippen molar-refractivity contribution in [1.29, 1.82) is 0 Å². The normalized spacial score (nSPS) is 10.1. The Hall–Kier alpha value is -0.875. The first kappa shape index (κ1) is 13.1. The third kappa shape index (κ3) is 6.62. The third-order valence-corrected chi connectivity index (χ3v) is 1.53. The summed E-state index contributed by atoms with van der Waals surface area (Å²) in [5.41, 5.74) is 1.34. The van der Waals surface area contributed by atoms with E-state index in [0.29, 0.717) is 0 Å². The van der Waals surface area contributed by atoms with E-state index in [2.05, 4.69) is 45.4 Å². The molecule has 2 N–H and O–H groups in total. The van der Waals surface area contributed by atoms with Crippen molar-refractivity contribution in [1.82, 2.24) is 4.48 Å². The Kier molecular flexibility index (Phi) is 5.41. The molecule has 0 radical (unpaired) electrons. The van der Waals surface area contributed by atoms with Crippen molar-refractivity contribution in [3.8, 4) is 0 Å². The van der Waals surface area contributed by atoms with E-state index < -0.39 is 7.32 Å². The van der Waals surface area contributed by atoms with Gasteiger partial charge in [0.15, 0.2) is 0 Å². The summed E-state index contributed by atoms with van der Waals surface area (Å²) in [4.78, 5) is 0. The van der Waals surface area contributed by atoms with Crippen LogP contribution in [0.4, 0.5) is 5.69 Å². The minimum atomic E-state index is -2.42. The van der Waals surface area contributed by atoms with E-state index >= 15 is 0 Å². The molecule has 0 bridgehead atoms. The molecule has 14 heavy (non-hydrogen) atoms. The molecule has 0 aromatic heterocycles. The van der Waals surface area contributed by atoms with E-state index in [1.807, 2.05) is 6.07 Å². The highest BCUT2D eigenvalue weighted by atomic mass is 16.5. The van der Waals surface area contributed by atoms with Crippen LogP contribution in [0.25, 0.3) is 0 Å². The number of hydrogen-bond acceptors (Lipinski definition) is 3. The van der Waals surface area contributed by atoms with E-state index in [1.165, 1.54) is 5.69 Å². The van der Waals surface area contributed by atoms with Crippen molar-refractivity contribution in [2.24, 2.45) is 0 Å². The Bertz CT molecular complexity index is 243. The molecule has 0 heterocycles. The number of benzene rings is 1. The van der Waals surface area contributed by atoms with Crippen molar-refractivity contribution in [3.05, 3.63) is 30.3 Å². The lowest BCUT2D eigenvalue weighted by Crippen LogP contribution is -2.34. The van der Waals surface area contributed by atoms with Crippen molar-refractivity contribution in [3.63, 3.8) is 0 Å². The lowest BCUT2D eigenvalue weighted by molar-refractivity contribution is -0.242. The SMILES string of the molecule is C[N+](C)(C)c1ccccc1.[O-]B(O)O. The summed E-state index contributed by atoms with van der Waals surface area (Å²) in [6.45, 7) is 0. The van der Waals surface area contributed by atoms with E-state index in [0.717, 1.165) is 4.48 Å². The Morgan fingerprint density at radius 2 is 1.43 bits per heavy atom. The summed E-state index contributed by atoms with van der Waals surface area (Å²) >= 11 is 0. The lowest BCUT2D eigenvalue weighted by Gasteiger charge is -2.22. The van der Waals surface area contributed by atoms with Gasteiger partial charge in [0, 0.05) is 0 Å². The number of para-hydroxylation sites is 1. The average molecular weight is 197 g/mol. The molecule has 0 aliphatic heterocycles. The van der Waals surface area contributed by atoms with E-state index in [9.17, 15) is 0 Å². The summed E-state index contributed by atoms with van der Waals surface area (Å²) in [5.74, 6) is 0. The Labute approximate surface area is 84.8 Å². The second kappa shape index (κ2) is 5.77. The molecule has 0 aliphatic rings. The highest BCUT2D eigenvalue weighted by Crippen LogP contribution is 2.14. The number of hydrogen-bond donors (Lipinski definition) is 2. The fourth-order valence-electron chi connectivity index (χ4n) is 0.875. The predicted octanol–water partition coefficient (Wildman–Crippen LogP) is -0.800. The van der Waals surface area contributed by atoms with Crippen LogP contribution < -0.4 is 9.51 Å². The van der Waals surface area contributed by atoms with E-state index in [4.69, 9.17) is 15.1 Å². The zero-order valence-electron chi connectivity index (χ0n) is 8.71. The van der Waals surface area contributed by atoms with Gasteiger partial charge in [-0.05, 0) is 12.1 Å². The van der Waals surface area contributed by atoms with Crippen molar-refractivity contribution >= 4 is 13.0 Å². The summed E-state index contributed by atoms with van der Waals surface area (Å²) in [6, 6.07) is 10.5. The van der Waals surface area contributed by atoms with Gasteiger partial charge >= 0.3 is 7.32 Å². The fraction of sp³-hybridized carbons (Fsp3) is 0.333. The van der Waals surface area contributed by atoms with Gasteiger partial charge in [0.05, 0.1) is 21.1 Å². The molecule has 1 aromatic rings. The van der Waals surface area contributed by atoms with Crippen LogP contribution in [0.2, 0.25) is 0 Å². The second-order valence-corrected chi connectivity index (χ2v) is 3.67. The second-order valence-electron chi connectivity index (χ2n) is 3.67. The zero-order valence-corrected chi connectivity index (χ0v) is 8.71. The smallest absolute Gasteiger partial charge is 0.339 e. The molecule has 1 aromatic carbocycles. The standard InChI is InChI=1S/C9H14N.BH2O3/c1-10(2,3)9-7-5-4-6-8-9;2-1(3)4/h4-8H,1-3H3;2-3H/q+1;-1. The molecule has 1 rings (SSSR count). The zero-order chi connectivity index (χ0) is 11.2. The van der Waals surface area contributed by atoms with Gasteiger partial charge in [-0.1, -0.05) is 18.2 Å². The van der Waals surface area contributed by atoms with Crippen LogP contribution in [0.5, 0.6) is 0 Å². The van der Waals surface area contributed by atoms with Crippen LogP contribution in [0.1, 0.15) is 0 Å². The summed E-state index contributed by atoms with van der Waals surface area (Å²) in [5, 5.41) is 22.8. The molecule has 0 amide bonds. The Balaban J connectivity index is 0.000000364. The van der Waals surface area contributed by atoms with Crippen LogP contribution >= 0.6 is 0 Å². The van der Waals surface area contributed by atoms with Gasteiger partial charge in [0.25, 0.3) is 0 Å². The Morgan fingerprint density at radius 3 is 1.64 bits per heavy atom. The number of quaternary nitrogens is 1. The Morgan fingerprint density at radius 1 is 1.07 bits per heavy atom. The highest BCUT2D eigenvalue weighted by Gasteiger charge is 2.08. The molecule has 0 aliphatic carbocycles. The minimum Gasteiger partial charge on any atom is -0.832 e. The molecular weight excluding hydrogens is 181 g/mol. The molecule has 4 nitrogen and oxygen atoms in total. The molecule has 5 heteroatoms. The first-order valence-corrected chi connectivity index (χ1v) is 4.23. The molecule has 0 saturated carbocycles. The largest absolute Gasteiger partial charge is 0.832 e. The molecule has 78 valence electrons. The molecule has 0 unspecified atom stereocenters. The maximum atomic E-state index is 8.64. The van der Waals surface area contributed by atoms with Crippen molar-refractivity contribution in [2.45, 2.75) is 0 Å². The maximum Gasteiger partial charge on any atom is 0.339 e. The van der Waals surface area contributed by atoms with Gasteiger partial charge in [-0.3, -0.25) is 4.48 Å². The molecule has 0 saturated heterocycles. The topological polar surface area (TPSA) is 63.5 Å². The maximum absolute atomic E-state index is 8.64. The fourth-order valence-corrected chi connectivity index (χ4v) is 0.875. The summed E-state index contributed by atoms with van der Waals surface area (Å²) < 4.78 is 0.890. The van der Waals surface area contributed by atoms with Gasteiger partial charge in [-0.15, -0.1) is 0 Å². The first-order chi connectivity index (χ1) is 6.34. The van der Waals surface area contributed by atoms with Crippen LogP contribution in [0, 0.1) is 0 Å². The quantitative estimate of drug-likeness (QED) is 0.457. The van der Waals surface area contributed by atoms with Crippen LogP contribution in [-0.4, -0.2) is 38.5 Å². The lowest BCUT2D eigenvalue weighted by atomic mass is 10.3.